The Labute approximate surface area is 607 Å². The molecule has 5 atom stereocenters. The van der Waals surface area contributed by atoms with Gasteiger partial charge >= 0.3 is 39.5 Å². The molecule has 0 rings (SSSR count). The number of carbonyl (C=O) groups excluding carboxylic acids is 4. The molecule has 0 radical (unpaired) electrons. The Morgan fingerprint density at radius 3 is 0.687 bits per heavy atom. The molecule has 0 aliphatic carbocycles. The van der Waals surface area contributed by atoms with Crippen LogP contribution in [0.1, 0.15) is 420 Å². The Kier molecular flexibility index (Phi) is 70.3. The first-order valence-corrected chi connectivity index (χ1v) is 44.5. The maximum Gasteiger partial charge on any atom is 0.472 e. The molecule has 17 nitrogen and oxygen atoms in total. The van der Waals surface area contributed by atoms with Crippen molar-refractivity contribution in [3.05, 3.63) is 0 Å². The summed E-state index contributed by atoms with van der Waals surface area (Å²) in [5.74, 6) is -0.557. The van der Waals surface area contributed by atoms with E-state index in [0.717, 1.165) is 108 Å². The van der Waals surface area contributed by atoms with E-state index in [-0.39, 0.29) is 25.7 Å². The molecule has 0 bridgehead atoms. The van der Waals surface area contributed by atoms with Crippen LogP contribution in [0.4, 0.5) is 0 Å². The normalized spacial score (nSPS) is 13.9. The molecule has 2 unspecified atom stereocenters. The predicted octanol–water partition coefficient (Wildman–Crippen LogP) is 23.9. The van der Waals surface area contributed by atoms with Gasteiger partial charge in [-0.2, -0.15) is 0 Å². The lowest BCUT2D eigenvalue weighted by Crippen LogP contribution is -2.30. The summed E-state index contributed by atoms with van der Waals surface area (Å²) in [4.78, 5) is 72.9. The highest BCUT2D eigenvalue weighted by Crippen LogP contribution is 2.45. The summed E-state index contributed by atoms with van der Waals surface area (Å²) >= 11 is 0. The number of esters is 4. The number of aliphatic hydroxyl groups excluding tert-OH is 1. The summed E-state index contributed by atoms with van der Waals surface area (Å²) in [6.07, 6.45) is 61.2. The van der Waals surface area contributed by atoms with Crippen molar-refractivity contribution in [3.63, 3.8) is 0 Å². The van der Waals surface area contributed by atoms with Crippen LogP contribution in [0.15, 0.2) is 0 Å². The summed E-state index contributed by atoms with van der Waals surface area (Å²) in [5.41, 5.74) is 0. The van der Waals surface area contributed by atoms with E-state index in [4.69, 9.17) is 37.0 Å². The molecule has 0 aliphatic heterocycles. The van der Waals surface area contributed by atoms with E-state index in [1.807, 2.05) is 0 Å². The molecule has 0 aliphatic rings. The molecule has 0 fully saturated rings. The molecule has 0 spiro atoms. The molecular weight excluding hydrogens is 1290 g/mol. The van der Waals surface area contributed by atoms with Gasteiger partial charge in [-0.25, -0.2) is 9.13 Å². The van der Waals surface area contributed by atoms with Crippen LogP contribution < -0.4 is 0 Å². The third-order valence-corrected chi connectivity index (χ3v) is 20.6. The fraction of sp³-hybridized carbons (Fsp3) is 0.950. The number of carbonyl (C=O) groups is 4. The molecule has 0 amide bonds. The lowest BCUT2D eigenvalue weighted by molar-refractivity contribution is -0.161. The van der Waals surface area contributed by atoms with Gasteiger partial charge in [0, 0.05) is 25.7 Å². The van der Waals surface area contributed by atoms with Crippen LogP contribution in [-0.4, -0.2) is 96.7 Å². The van der Waals surface area contributed by atoms with Crippen LogP contribution >= 0.6 is 15.6 Å². The van der Waals surface area contributed by atoms with E-state index in [2.05, 4.69) is 41.5 Å². The second-order valence-electron chi connectivity index (χ2n) is 29.8. The topological polar surface area (TPSA) is 237 Å². The van der Waals surface area contributed by atoms with Gasteiger partial charge in [0.1, 0.15) is 19.3 Å². The van der Waals surface area contributed by atoms with Gasteiger partial charge < -0.3 is 33.8 Å². The van der Waals surface area contributed by atoms with Crippen molar-refractivity contribution in [1.29, 1.82) is 0 Å². The monoisotopic (exact) mass is 1450 g/mol. The Morgan fingerprint density at radius 2 is 0.465 bits per heavy atom. The molecule has 19 heteroatoms. The highest BCUT2D eigenvalue weighted by atomic mass is 31.2. The number of unbranched alkanes of at least 4 members (excludes halogenated alkanes) is 49. The number of hydrogen-bond donors (Lipinski definition) is 3. The van der Waals surface area contributed by atoms with Gasteiger partial charge in [-0.1, -0.05) is 369 Å². The molecule has 588 valence electrons. The molecule has 0 heterocycles. The number of hydrogen-bond acceptors (Lipinski definition) is 15. The van der Waals surface area contributed by atoms with Gasteiger partial charge in [-0.05, 0) is 37.5 Å². The first-order chi connectivity index (χ1) is 47.9. The fourth-order valence-corrected chi connectivity index (χ4v) is 13.9. The zero-order chi connectivity index (χ0) is 72.8. The second kappa shape index (κ2) is 71.7. The minimum absolute atomic E-state index is 0.106. The number of aliphatic hydroxyl groups is 1. The molecule has 99 heavy (non-hydrogen) atoms. The van der Waals surface area contributed by atoms with Gasteiger partial charge in [-0.3, -0.25) is 37.3 Å². The number of rotatable bonds is 79. The quantitative estimate of drug-likeness (QED) is 0.0222. The van der Waals surface area contributed by atoms with Crippen molar-refractivity contribution in [1.82, 2.24) is 0 Å². The van der Waals surface area contributed by atoms with Crippen molar-refractivity contribution < 1.29 is 80.2 Å². The van der Waals surface area contributed by atoms with Crippen LogP contribution in [0.5, 0.6) is 0 Å². The molecule has 0 saturated heterocycles. The van der Waals surface area contributed by atoms with Crippen LogP contribution in [0.3, 0.4) is 0 Å². The highest BCUT2D eigenvalue weighted by Gasteiger charge is 2.30. The number of phosphoric ester groups is 2. The minimum atomic E-state index is -4.96. The standard InChI is InChI=1S/C80H156O17P2/c1-7-9-11-13-15-17-18-19-20-21-22-23-24-25-26-29-35-40-46-52-58-64-79(84)97-76(69-91-78(83)63-57-51-45-39-34-30-27-28-32-37-42-48-54-60-72(3)4)71-95-99(88,89)93-67-74(81)66-92-98(86,87)94-70-75(68-90-77(82)62-56-50-44-16-14-12-10-8-2)96-80(85)65-59-53-47-41-36-31-33-38-43-49-55-61-73(5)6/h72-76,81H,7-71H2,1-6H3,(H,86,87)(H,88,89)/t74-,75+,76+/m0/s1. The highest BCUT2D eigenvalue weighted by molar-refractivity contribution is 7.47. The van der Waals surface area contributed by atoms with Crippen LogP contribution in [0.25, 0.3) is 0 Å². The van der Waals surface area contributed by atoms with Gasteiger partial charge in [0.2, 0.25) is 0 Å². The minimum Gasteiger partial charge on any atom is -0.462 e. The van der Waals surface area contributed by atoms with Crippen LogP contribution in [-0.2, 0) is 65.4 Å². The van der Waals surface area contributed by atoms with Crippen molar-refractivity contribution in [3.8, 4) is 0 Å². The Hall–Kier alpha value is -1.94. The van der Waals surface area contributed by atoms with Crippen molar-refractivity contribution in [2.24, 2.45) is 11.8 Å². The summed E-state index contributed by atoms with van der Waals surface area (Å²) < 4.78 is 68.6. The van der Waals surface area contributed by atoms with E-state index in [9.17, 15) is 43.2 Å². The smallest absolute Gasteiger partial charge is 0.462 e. The van der Waals surface area contributed by atoms with Gasteiger partial charge in [0.15, 0.2) is 12.2 Å². The van der Waals surface area contributed by atoms with Crippen molar-refractivity contribution in [2.45, 2.75) is 439 Å². The van der Waals surface area contributed by atoms with Gasteiger partial charge in [-0.15, -0.1) is 0 Å². The molecule has 0 aromatic carbocycles. The lowest BCUT2D eigenvalue weighted by atomic mass is 10.0. The van der Waals surface area contributed by atoms with E-state index in [1.165, 1.54) is 231 Å². The van der Waals surface area contributed by atoms with E-state index >= 15 is 0 Å². The van der Waals surface area contributed by atoms with Gasteiger partial charge in [0.05, 0.1) is 26.4 Å². The zero-order valence-electron chi connectivity index (χ0n) is 64.8. The third-order valence-electron chi connectivity index (χ3n) is 18.7. The molecular formula is C80H156O17P2. The van der Waals surface area contributed by atoms with Crippen molar-refractivity contribution >= 4 is 39.5 Å². The number of phosphoric acid groups is 2. The second-order valence-corrected chi connectivity index (χ2v) is 32.7. The first kappa shape index (κ1) is 97.1. The summed E-state index contributed by atoms with van der Waals surface area (Å²) in [6, 6.07) is 0. The maximum absolute atomic E-state index is 13.1. The van der Waals surface area contributed by atoms with Crippen LogP contribution in [0.2, 0.25) is 0 Å². The van der Waals surface area contributed by atoms with Gasteiger partial charge in [0.25, 0.3) is 0 Å². The molecule has 0 aromatic heterocycles. The number of ether oxygens (including phenoxy) is 4. The Balaban J connectivity index is 5.19. The van der Waals surface area contributed by atoms with E-state index in [0.29, 0.717) is 25.7 Å². The molecule has 0 aromatic rings. The fourth-order valence-electron chi connectivity index (χ4n) is 12.4. The molecule has 3 N–H and O–H groups in total. The van der Waals surface area contributed by atoms with E-state index < -0.39 is 97.5 Å². The average Bonchev–Trinajstić information content (AvgIpc) is 0.982. The Morgan fingerprint density at radius 1 is 0.273 bits per heavy atom. The average molecular weight is 1450 g/mol. The SMILES string of the molecule is CCCCCCCCCCCCCCCCCCCCCCCC(=O)O[C@H](COC(=O)CCCCCCCCCCCCCCCC(C)C)COP(=O)(O)OC[C@@H](O)COP(=O)(O)OC[C@@H](COC(=O)CCCCCCCCCC)OC(=O)CCCCCCCCCCCCCC(C)C. The summed E-state index contributed by atoms with van der Waals surface area (Å²) in [7, 11) is -9.91. The first-order valence-electron chi connectivity index (χ1n) is 41.5. The summed E-state index contributed by atoms with van der Waals surface area (Å²) in [6.45, 7) is 9.62. The zero-order valence-corrected chi connectivity index (χ0v) is 66.6. The predicted molar refractivity (Wildman–Crippen MR) is 405 cm³/mol. The third kappa shape index (κ3) is 74.1. The summed E-state index contributed by atoms with van der Waals surface area (Å²) in [5, 5.41) is 10.6. The molecule has 0 saturated carbocycles. The largest absolute Gasteiger partial charge is 0.472 e. The van der Waals surface area contributed by atoms with Crippen molar-refractivity contribution in [2.75, 3.05) is 39.6 Å². The maximum atomic E-state index is 13.1. The Bertz CT molecular complexity index is 1910. The lowest BCUT2D eigenvalue weighted by Gasteiger charge is -2.21. The van der Waals surface area contributed by atoms with E-state index in [1.54, 1.807) is 0 Å². The van der Waals surface area contributed by atoms with Crippen LogP contribution in [0, 0.1) is 11.8 Å².